The van der Waals surface area contributed by atoms with Crippen molar-refractivity contribution in [2.45, 2.75) is 53.4 Å². The van der Waals surface area contributed by atoms with Gasteiger partial charge in [0.15, 0.2) is 0 Å². The van der Waals surface area contributed by atoms with E-state index in [1.165, 1.54) is 4.68 Å². The second-order valence-electron chi connectivity index (χ2n) is 7.03. The van der Waals surface area contributed by atoms with Crippen LogP contribution in [0.15, 0.2) is 16.1 Å². The van der Waals surface area contributed by atoms with E-state index in [2.05, 4.69) is 25.7 Å². The van der Waals surface area contributed by atoms with Crippen LogP contribution >= 0.6 is 0 Å². The Morgan fingerprint density at radius 1 is 1.28 bits per heavy atom. The molecule has 1 unspecified atom stereocenters. The molecule has 1 aliphatic heterocycles. The Balaban J connectivity index is 2.47. The topological polar surface area (TPSA) is 101 Å². The highest BCUT2D eigenvalue weighted by Crippen LogP contribution is 2.25. The van der Waals surface area contributed by atoms with E-state index < -0.39 is 0 Å². The van der Waals surface area contributed by atoms with E-state index in [0.717, 1.165) is 5.69 Å². The lowest BCUT2D eigenvalue weighted by Crippen LogP contribution is -2.32. The van der Waals surface area contributed by atoms with E-state index in [-0.39, 0.29) is 29.2 Å². The fraction of sp³-hybridized carbons (Fsp3) is 0.588. The molecule has 0 aromatic carbocycles. The third-order valence-electron chi connectivity index (χ3n) is 3.94. The monoisotopic (exact) mass is 346 g/mol. The van der Waals surface area contributed by atoms with Gasteiger partial charge in [-0.25, -0.2) is 9.79 Å². The second-order valence-corrected chi connectivity index (χ2v) is 7.03. The number of aromatic nitrogens is 2. The summed E-state index contributed by atoms with van der Waals surface area (Å²) < 4.78 is 1.42. The molecule has 136 valence electrons. The van der Waals surface area contributed by atoms with Crippen molar-refractivity contribution in [2.75, 3.05) is 11.9 Å². The van der Waals surface area contributed by atoms with Gasteiger partial charge in [-0.2, -0.15) is 14.8 Å². The van der Waals surface area contributed by atoms with Crippen LogP contribution in [0.4, 0.5) is 10.6 Å². The lowest BCUT2D eigenvalue weighted by molar-refractivity contribution is -0.119. The first kappa shape index (κ1) is 18.8. The molecule has 1 aromatic heterocycles. The van der Waals surface area contributed by atoms with E-state index in [1.54, 1.807) is 6.07 Å². The van der Waals surface area contributed by atoms with Crippen molar-refractivity contribution in [3.8, 4) is 0 Å². The molecule has 0 radical (unpaired) electrons. The zero-order valence-corrected chi connectivity index (χ0v) is 15.7. The van der Waals surface area contributed by atoms with Crippen molar-refractivity contribution in [1.29, 1.82) is 0 Å². The molecule has 2 rings (SSSR count). The Hall–Kier alpha value is -2.51. The number of nitrogens with zero attached hydrogens (tertiary/aromatic N) is 4. The van der Waals surface area contributed by atoms with E-state index in [1.807, 2.05) is 41.5 Å². The molecule has 0 saturated heterocycles. The maximum absolute atomic E-state index is 12.3. The van der Waals surface area contributed by atoms with Gasteiger partial charge in [0, 0.05) is 23.7 Å². The maximum atomic E-state index is 12.3. The fourth-order valence-electron chi connectivity index (χ4n) is 2.49. The Morgan fingerprint density at radius 3 is 2.48 bits per heavy atom. The average molecular weight is 346 g/mol. The Labute approximate surface area is 147 Å². The standard InChI is InChI=1S/C17H26N6O2/c1-7-11-10(3)19-15(21-14(11)24)23-13(20-16(25)18-8-2)9-12(22-23)17(4,5)6/h9,11H,7-8H2,1-6H3,(H2,18,20,25). The van der Waals surface area contributed by atoms with Crippen LogP contribution in [0.25, 0.3) is 0 Å². The lowest BCUT2D eigenvalue weighted by Gasteiger charge is -2.17. The number of rotatable bonds is 3. The van der Waals surface area contributed by atoms with Crippen molar-refractivity contribution in [3.05, 3.63) is 11.8 Å². The quantitative estimate of drug-likeness (QED) is 0.879. The third kappa shape index (κ3) is 4.12. The smallest absolute Gasteiger partial charge is 0.320 e. The van der Waals surface area contributed by atoms with Crippen molar-refractivity contribution in [3.63, 3.8) is 0 Å². The zero-order chi connectivity index (χ0) is 18.8. The van der Waals surface area contributed by atoms with Gasteiger partial charge in [-0.3, -0.25) is 10.1 Å². The van der Waals surface area contributed by atoms with Crippen LogP contribution in [-0.4, -0.2) is 39.9 Å². The van der Waals surface area contributed by atoms with Gasteiger partial charge in [0.1, 0.15) is 5.82 Å². The molecule has 8 nitrogen and oxygen atoms in total. The van der Waals surface area contributed by atoms with Crippen molar-refractivity contribution >= 4 is 29.4 Å². The molecule has 0 saturated carbocycles. The van der Waals surface area contributed by atoms with Gasteiger partial charge in [0.05, 0.1) is 11.6 Å². The number of hydrogen-bond donors (Lipinski definition) is 2. The highest BCUT2D eigenvalue weighted by atomic mass is 16.2. The molecule has 2 heterocycles. The first-order valence-corrected chi connectivity index (χ1v) is 8.50. The summed E-state index contributed by atoms with van der Waals surface area (Å²) in [5, 5.41) is 9.94. The molecule has 3 amide bonds. The molecule has 0 aliphatic carbocycles. The lowest BCUT2D eigenvalue weighted by atomic mass is 9.92. The summed E-state index contributed by atoms with van der Waals surface area (Å²) in [5.41, 5.74) is 1.24. The van der Waals surface area contributed by atoms with Crippen molar-refractivity contribution in [1.82, 2.24) is 15.1 Å². The minimum absolute atomic E-state index is 0.175. The molecule has 8 heteroatoms. The van der Waals surface area contributed by atoms with Crippen LogP contribution in [0, 0.1) is 5.92 Å². The number of hydrogen-bond acceptors (Lipinski definition) is 4. The molecular weight excluding hydrogens is 320 g/mol. The number of aliphatic imine (C=N–C) groups is 2. The molecule has 1 aliphatic rings. The molecular formula is C17H26N6O2. The summed E-state index contributed by atoms with van der Waals surface area (Å²) in [6.45, 7) is 12.1. The van der Waals surface area contributed by atoms with Crippen LogP contribution in [-0.2, 0) is 10.2 Å². The molecule has 1 atom stereocenters. The molecule has 0 bridgehead atoms. The summed E-state index contributed by atoms with van der Waals surface area (Å²) in [7, 11) is 0. The summed E-state index contributed by atoms with van der Waals surface area (Å²) in [5.74, 6) is 0.0754. The predicted octanol–water partition coefficient (Wildman–Crippen LogP) is 2.55. The van der Waals surface area contributed by atoms with Gasteiger partial charge in [0.2, 0.25) is 0 Å². The molecule has 0 fully saturated rings. The highest BCUT2D eigenvalue weighted by molar-refractivity contribution is 6.15. The molecule has 0 spiro atoms. The van der Waals surface area contributed by atoms with Gasteiger partial charge < -0.3 is 5.32 Å². The first-order chi connectivity index (χ1) is 11.7. The van der Waals surface area contributed by atoms with Gasteiger partial charge >= 0.3 is 6.03 Å². The zero-order valence-electron chi connectivity index (χ0n) is 15.7. The van der Waals surface area contributed by atoms with Crippen LogP contribution in [0.5, 0.6) is 0 Å². The molecule has 1 aromatic rings. The van der Waals surface area contributed by atoms with E-state index in [0.29, 0.717) is 24.5 Å². The molecule has 2 N–H and O–H groups in total. The second kappa shape index (κ2) is 7.16. The number of anilines is 1. The number of urea groups is 1. The third-order valence-corrected chi connectivity index (χ3v) is 3.94. The molecule has 25 heavy (non-hydrogen) atoms. The van der Waals surface area contributed by atoms with Crippen LogP contribution < -0.4 is 10.6 Å². The van der Waals surface area contributed by atoms with Crippen molar-refractivity contribution in [2.24, 2.45) is 15.9 Å². The van der Waals surface area contributed by atoms with Gasteiger partial charge in [-0.05, 0) is 20.3 Å². The SMILES string of the molecule is CCNC(=O)Nc1cc(C(C)(C)C)nn1C1=NC(=O)C(CC)C(C)=N1. The van der Waals surface area contributed by atoms with E-state index in [4.69, 9.17) is 0 Å². The Bertz CT molecular complexity index is 739. The summed E-state index contributed by atoms with van der Waals surface area (Å²) in [6, 6.07) is 1.43. The normalized spacial score (nSPS) is 17.8. The van der Waals surface area contributed by atoms with Crippen LogP contribution in [0.2, 0.25) is 0 Å². The van der Waals surface area contributed by atoms with Gasteiger partial charge in [0.25, 0.3) is 11.9 Å². The minimum atomic E-state index is -0.348. The number of carbonyl (C=O) groups excluding carboxylic acids is 2. The van der Waals surface area contributed by atoms with Crippen LogP contribution in [0.1, 0.15) is 53.7 Å². The number of nitrogens with one attached hydrogen (secondary N) is 2. The summed E-state index contributed by atoms with van der Waals surface area (Å²) in [4.78, 5) is 32.7. The van der Waals surface area contributed by atoms with Gasteiger partial charge in [-0.1, -0.05) is 27.7 Å². The highest BCUT2D eigenvalue weighted by Gasteiger charge is 2.28. The number of amides is 3. The van der Waals surface area contributed by atoms with Crippen molar-refractivity contribution < 1.29 is 9.59 Å². The Morgan fingerprint density at radius 2 is 1.96 bits per heavy atom. The van der Waals surface area contributed by atoms with Crippen LogP contribution in [0.3, 0.4) is 0 Å². The first-order valence-electron chi connectivity index (χ1n) is 8.50. The van der Waals surface area contributed by atoms with E-state index in [9.17, 15) is 9.59 Å². The largest absolute Gasteiger partial charge is 0.338 e. The average Bonchev–Trinajstić information content (AvgIpc) is 2.91. The predicted molar refractivity (Wildman–Crippen MR) is 98.4 cm³/mol. The van der Waals surface area contributed by atoms with E-state index >= 15 is 0 Å². The minimum Gasteiger partial charge on any atom is -0.338 e. The maximum Gasteiger partial charge on any atom is 0.320 e. The fourth-order valence-corrected chi connectivity index (χ4v) is 2.49. The Kier molecular flexibility index (Phi) is 5.39. The summed E-state index contributed by atoms with van der Waals surface area (Å²) >= 11 is 0. The summed E-state index contributed by atoms with van der Waals surface area (Å²) in [6.07, 6.45) is 0.654. The van der Waals surface area contributed by atoms with Gasteiger partial charge in [-0.15, -0.1) is 0 Å². The number of carbonyl (C=O) groups is 2.